The second-order valence-corrected chi connectivity index (χ2v) is 5.09. The van der Waals surface area contributed by atoms with Crippen molar-refractivity contribution in [1.29, 1.82) is 0 Å². The molecule has 1 aromatic carbocycles. The lowest BCUT2D eigenvalue weighted by Gasteiger charge is -2.27. The van der Waals surface area contributed by atoms with E-state index in [1.165, 1.54) is 0 Å². The first-order valence-corrected chi connectivity index (χ1v) is 7.14. The zero-order chi connectivity index (χ0) is 15.3. The van der Waals surface area contributed by atoms with E-state index in [-0.39, 0.29) is 0 Å². The van der Waals surface area contributed by atoms with E-state index in [2.05, 4.69) is 45.0 Å². The molecule has 0 aliphatic carbocycles. The highest BCUT2D eigenvalue weighted by atomic mass is 15.2. The summed E-state index contributed by atoms with van der Waals surface area (Å²) in [5, 5.41) is 0. The third-order valence-corrected chi connectivity index (χ3v) is 3.62. The van der Waals surface area contributed by atoms with Gasteiger partial charge in [-0.05, 0) is 37.3 Å². The number of nitrogen functional groups attached to an aromatic ring is 1. The van der Waals surface area contributed by atoms with Gasteiger partial charge >= 0.3 is 0 Å². The van der Waals surface area contributed by atoms with Gasteiger partial charge in [0.05, 0.1) is 11.4 Å². The normalized spacial score (nSPS) is 10.2. The lowest BCUT2D eigenvalue weighted by molar-refractivity contribution is 0.958. The van der Waals surface area contributed by atoms with Crippen molar-refractivity contribution in [2.75, 3.05) is 36.2 Å². The van der Waals surface area contributed by atoms with Gasteiger partial charge in [0.15, 0.2) is 0 Å². The van der Waals surface area contributed by atoms with Crippen LogP contribution in [0.3, 0.4) is 0 Å². The molecule has 0 fully saturated rings. The van der Waals surface area contributed by atoms with Crippen molar-refractivity contribution in [2.45, 2.75) is 26.7 Å². The van der Waals surface area contributed by atoms with Crippen LogP contribution in [0.15, 0.2) is 31.5 Å². The van der Waals surface area contributed by atoms with Gasteiger partial charge in [0.25, 0.3) is 0 Å². The number of hydrogen-bond acceptors (Lipinski definition) is 3. The van der Waals surface area contributed by atoms with Crippen LogP contribution >= 0.6 is 0 Å². The predicted molar refractivity (Wildman–Crippen MR) is 92.3 cm³/mol. The van der Waals surface area contributed by atoms with E-state index in [0.29, 0.717) is 0 Å². The van der Waals surface area contributed by atoms with Crippen molar-refractivity contribution in [1.82, 2.24) is 0 Å². The molecule has 0 saturated carbocycles. The van der Waals surface area contributed by atoms with Crippen molar-refractivity contribution in [3.8, 4) is 0 Å². The molecule has 0 aromatic heterocycles. The molecule has 0 bridgehead atoms. The molecule has 110 valence electrons. The van der Waals surface area contributed by atoms with Crippen molar-refractivity contribution >= 4 is 22.6 Å². The Morgan fingerprint density at radius 3 is 2.40 bits per heavy atom. The van der Waals surface area contributed by atoms with E-state index in [1.54, 1.807) is 6.20 Å². The molecule has 0 amide bonds. The molecule has 0 aliphatic heterocycles. The summed E-state index contributed by atoms with van der Waals surface area (Å²) in [5.41, 5.74) is 11.4. The molecule has 0 unspecified atom stereocenters. The van der Waals surface area contributed by atoms with E-state index in [9.17, 15) is 0 Å². The summed E-state index contributed by atoms with van der Waals surface area (Å²) in [5.74, 6) is 0. The van der Waals surface area contributed by atoms with Gasteiger partial charge in [0, 0.05) is 31.9 Å². The fourth-order valence-corrected chi connectivity index (χ4v) is 2.19. The van der Waals surface area contributed by atoms with Crippen molar-refractivity contribution < 1.29 is 0 Å². The summed E-state index contributed by atoms with van der Waals surface area (Å²) < 4.78 is 0. The molecule has 3 nitrogen and oxygen atoms in total. The molecule has 0 aliphatic rings. The maximum atomic E-state index is 6.22. The molecule has 3 heteroatoms. The minimum absolute atomic E-state index is 0.778. The van der Waals surface area contributed by atoms with Crippen LogP contribution in [0.2, 0.25) is 0 Å². The number of benzene rings is 1. The van der Waals surface area contributed by atoms with Gasteiger partial charge in [0.1, 0.15) is 0 Å². The second-order valence-electron chi connectivity index (χ2n) is 5.09. The van der Waals surface area contributed by atoms with Crippen LogP contribution in [-0.2, 0) is 0 Å². The topological polar surface area (TPSA) is 32.5 Å². The summed E-state index contributed by atoms with van der Waals surface area (Å²) in [6.07, 6.45) is 3.84. The molecule has 1 aromatic rings. The summed E-state index contributed by atoms with van der Waals surface area (Å²) in [7, 11) is 4.06. The van der Waals surface area contributed by atoms with Crippen LogP contribution in [0.25, 0.3) is 5.57 Å². The number of anilines is 3. The highest BCUT2D eigenvalue weighted by Crippen LogP contribution is 2.36. The first kappa shape index (κ1) is 16.2. The van der Waals surface area contributed by atoms with E-state index < -0.39 is 0 Å². The summed E-state index contributed by atoms with van der Waals surface area (Å²) in [6.45, 7) is 13.2. The van der Waals surface area contributed by atoms with Crippen molar-refractivity contribution in [2.24, 2.45) is 0 Å². The summed E-state index contributed by atoms with van der Waals surface area (Å²) in [6, 6.07) is 4.16. The van der Waals surface area contributed by atoms with Crippen molar-refractivity contribution in [3.63, 3.8) is 0 Å². The predicted octanol–water partition coefficient (Wildman–Crippen LogP) is 4.12. The SMILES string of the molecule is C=CN(C)c1cc(N)c(C(=C)CCC)cc1N(C)CC. The van der Waals surface area contributed by atoms with Crippen LogP contribution in [0.5, 0.6) is 0 Å². The molecule has 2 N–H and O–H groups in total. The minimum Gasteiger partial charge on any atom is -0.398 e. The second kappa shape index (κ2) is 7.04. The number of nitrogens with two attached hydrogens (primary N) is 1. The minimum atomic E-state index is 0.778. The number of nitrogens with zero attached hydrogens (tertiary/aromatic N) is 2. The van der Waals surface area contributed by atoms with Crippen LogP contribution in [0, 0.1) is 0 Å². The van der Waals surface area contributed by atoms with Crippen LogP contribution < -0.4 is 15.5 Å². The quantitative estimate of drug-likeness (QED) is 0.759. The molecule has 0 heterocycles. The Bertz CT molecular complexity index is 491. The third-order valence-electron chi connectivity index (χ3n) is 3.62. The molecule has 20 heavy (non-hydrogen) atoms. The van der Waals surface area contributed by atoms with E-state index in [4.69, 9.17) is 5.73 Å². The molecule has 0 spiro atoms. The Labute approximate surface area is 123 Å². The van der Waals surface area contributed by atoms with E-state index >= 15 is 0 Å². The number of allylic oxidation sites excluding steroid dienone is 1. The lowest BCUT2D eigenvalue weighted by Crippen LogP contribution is -2.20. The van der Waals surface area contributed by atoms with Gasteiger partial charge in [-0.25, -0.2) is 0 Å². The van der Waals surface area contributed by atoms with Gasteiger partial charge in [0.2, 0.25) is 0 Å². The Morgan fingerprint density at radius 1 is 1.25 bits per heavy atom. The van der Waals surface area contributed by atoms with Crippen LogP contribution in [0.1, 0.15) is 32.3 Å². The Morgan fingerprint density at radius 2 is 1.90 bits per heavy atom. The fourth-order valence-electron chi connectivity index (χ4n) is 2.19. The Balaban J connectivity index is 3.38. The highest BCUT2D eigenvalue weighted by molar-refractivity contribution is 5.85. The first-order chi connectivity index (χ1) is 9.46. The van der Waals surface area contributed by atoms with Gasteiger partial charge in [-0.2, -0.15) is 0 Å². The number of rotatable bonds is 7. The smallest absolute Gasteiger partial charge is 0.0662 e. The van der Waals surface area contributed by atoms with E-state index in [0.717, 1.165) is 47.6 Å². The number of hydrogen-bond donors (Lipinski definition) is 1. The standard InChI is InChI=1S/C17H27N3/c1-7-10-13(4)14-11-16(19(5)8-2)17(12-15(14)18)20(6)9-3/h9,11-12H,3-4,7-8,10,18H2,1-2,5-6H3. The molecule has 1 rings (SSSR count). The van der Waals surface area contributed by atoms with Gasteiger partial charge in [-0.3, -0.25) is 0 Å². The monoisotopic (exact) mass is 273 g/mol. The highest BCUT2D eigenvalue weighted by Gasteiger charge is 2.14. The maximum absolute atomic E-state index is 6.22. The summed E-state index contributed by atoms with van der Waals surface area (Å²) in [4.78, 5) is 4.20. The average Bonchev–Trinajstić information content (AvgIpc) is 2.45. The zero-order valence-electron chi connectivity index (χ0n) is 13.2. The van der Waals surface area contributed by atoms with Gasteiger partial charge < -0.3 is 15.5 Å². The molecule has 0 atom stereocenters. The van der Waals surface area contributed by atoms with Gasteiger partial charge in [-0.15, -0.1) is 0 Å². The molecular weight excluding hydrogens is 246 g/mol. The summed E-state index contributed by atoms with van der Waals surface area (Å²) >= 11 is 0. The lowest BCUT2D eigenvalue weighted by atomic mass is 9.99. The Kier molecular flexibility index (Phi) is 5.68. The fraction of sp³-hybridized carbons (Fsp3) is 0.412. The molecule has 0 saturated heterocycles. The largest absolute Gasteiger partial charge is 0.398 e. The van der Waals surface area contributed by atoms with Crippen molar-refractivity contribution in [3.05, 3.63) is 37.1 Å². The molecule has 0 radical (unpaired) electrons. The first-order valence-electron chi connectivity index (χ1n) is 7.14. The average molecular weight is 273 g/mol. The van der Waals surface area contributed by atoms with Crippen LogP contribution in [-0.4, -0.2) is 20.6 Å². The zero-order valence-corrected chi connectivity index (χ0v) is 13.2. The molecular formula is C17H27N3. The maximum Gasteiger partial charge on any atom is 0.0662 e. The third kappa shape index (κ3) is 3.35. The van der Waals surface area contributed by atoms with Gasteiger partial charge in [-0.1, -0.05) is 26.5 Å². The van der Waals surface area contributed by atoms with E-state index in [1.807, 2.05) is 18.0 Å². The Hall–Kier alpha value is -1.90. The van der Waals surface area contributed by atoms with Crippen LogP contribution in [0.4, 0.5) is 17.1 Å².